The van der Waals surface area contributed by atoms with Crippen molar-refractivity contribution in [3.05, 3.63) is 12.2 Å². The lowest BCUT2D eigenvalue weighted by atomic mass is 10.0. The Kier molecular flexibility index (Phi) is 34.5. The minimum absolute atomic E-state index is 0.00987. The van der Waals surface area contributed by atoms with Crippen LogP contribution in [-0.2, 0) is 27.9 Å². The zero-order valence-corrected chi connectivity index (χ0v) is 32.5. The standard InChI is InChI=1S/C39H76NO8P/c1-3-5-7-9-11-13-15-17-18-20-22-24-26-28-30-32-38(42)46-35-37(48-49(44,45)47-34-33-40)39(43)36(41)31-29-27-25-23-21-19-16-14-12-10-8-6-4-2/h17-18,37,39,43H,3-16,19-35,40H2,1-2H3,(H,44,45)/b18-17-/t37-,39?/m0/s1. The lowest BCUT2D eigenvalue weighted by Gasteiger charge is -2.24. The summed E-state index contributed by atoms with van der Waals surface area (Å²) in [5.74, 6) is -1.02. The van der Waals surface area contributed by atoms with Crippen molar-refractivity contribution in [1.29, 1.82) is 0 Å². The Labute approximate surface area is 300 Å². The van der Waals surface area contributed by atoms with E-state index in [2.05, 4.69) is 26.0 Å². The Morgan fingerprint density at radius 3 is 1.51 bits per heavy atom. The van der Waals surface area contributed by atoms with Gasteiger partial charge in [0.05, 0.1) is 6.61 Å². The molecule has 49 heavy (non-hydrogen) atoms. The van der Waals surface area contributed by atoms with E-state index in [0.717, 1.165) is 51.4 Å². The highest BCUT2D eigenvalue weighted by atomic mass is 31.2. The van der Waals surface area contributed by atoms with Gasteiger partial charge in [0.25, 0.3) is 0 Å². The molecule has 0 saturated heterocycles. The monoisotopic (exact) mass is 718 g/mol. The van der Waals surface area contributed by atoms with Gasteiger partial charge in [0.1, 0.15) is 18.8 Å². The molecule has 0 aliphatic carbocycles. The smallest absolute Gasteiger partial charge is 0.463 e. The summed E-state index contributed by atoms with van der Waals surface area (Å²) in [6.45, 7) is 3.71. The Balaban J connectivity index is 4.29. The van der Waals surface area contributed by atoms with Crippen LogP contribution in [0.3, 0.4) is 0 Å². The molecule has 0 aromatic heterocycles. The van der Waals surface area contributed by atoms with E-state index in [0.29, 0.717) is 12.8 Å². The number of hydrogen-bond acceptors (Lipinski definition) is 8. The average Bonchev–Trinajstić information content (AvgIpc) is 3.09. The van der Waals surface area contributed by atoms with Gasteiger partial charge in [-0.3, -0.25) is 18.6 Å². The number of Topliss-reactive ketones (excluding diaryl/α,β-unsaturated/α-hetero) is 1. The molecule has 290 valence electrons. The topological polar surface area (TPSA) is 145 Å². The zero-order valence-electron chi connectivity index (χ0n) is 31.6. The fourth-order valence-electron chi connectivity index (χ4n) is 5.81. The molecule has 0 fully saturated rings. The minimum Gasteiger partial charge on any atom is -0.463 e. The van der Waals surface area contributed by atoms with Crippen molar-refractivity contribution < 1.29 is 37.9 Å². The van der Waals surface area contributed by atoms with Gasteiger partial charge in [0, 0.05) is 19.4 Å². The molecule has 0 radical (unpaired) electrons. The van der Waals surface area contributed by atoms with E-state index in [1.165, 1.54) is 103 Å². The third-order valence-electron chi connectivity index (χ3n) is 8.90. The fourth-order valence-corrected chi connectivity index (χ4v) is 6.72. The molecule has 0 aromatic carbocycles. The van der Waals surface area contributed by atoms with Gasteiger partial charge in [-0.15, -0.1) is 0 Å². The number of allylic oxidation sites excluding steroid dienone is 2. The summed E-state index contributed by atoms with van der Waals surface area (Å²) in [5.41, 5.74) is 5.35. The molecule has 0 aromatic rings. The van der Waals surface area contributed by atoms with Crippen LogP contribution in [0.25, 0.3) is 0 Å². The normalized spacial score (nSPS) is 14.2. The molecule has 0 saturated carbocycles. The van der Waals surface area contributed by atoms with Gasteiger partial charge in [-0.05, 0) is 38.5 Å². The summed E-state index contributed by atoms with van der Waals surface area (Å²) in [6, 6.07) is 0. The van der Waals surface area contributed by atoms with E-state index < -0.39 is 38.4 Å². The number of rotatable bonds is 38. The molecule has 4 N–H and O–H groups in total. The number of nitrogens with two attached hydrogens (primary N) is 1. The Hall–Kier alpha value is -1.09. The predicted molar refractivity (Wildman–Crippen MR) is 201 cm³/mol. The Bertz CT molecular complexity index is 840. The van der Waals surface area contributed by atoms with Gasteiger partial charge < -0.3 is 20.5 Å². The molecule has 0 bridgehead atoms. The first kappa shape index (κ1) is 47.9. The zero-order chi connectivity index (χ0) is 36.3. The van der Waals surface area contributed by atoms with Crippen molar-refractivity contribution in [2.45, 2.75) is 206 Å². The second kappa shape index (κ2) is 35.3. The first-order valence-electron chi connectivity index (χ1n) is 20.1. The van der Waals surface area contributed by atoms with Gasteiger partial charge in [0.15, 0.2) is 5.78 Å². The molecule has 3 atom stereocenters. The number of ether oxygens (including phenoxy) is 1. The van der Waals surface area contributed by atoms with Crippen molar-refractivity contribution in [2.24, 2.45) is 5.73 Å². The first-order valence-corrected chi connectivity index (χ1v) is 21.6. The van der Waals surface area contributed by atoms with Gasteiger partial charge in [0.2, 0.25) is 0 Å². The molecule has 9 nitrogen and oxygen atoms in total. The number of ketones is 1. The lowest BCUT2D eigenvalue weighted by Crippen LogP contribution is -2.39. The number of phosphoric acid groups is 1. The van der Waals surface area contributed by atoms with Crippen LogP contribution in [0.2, 0.25) is 0 Å². The van der Waals surface area contributed by atoms with Crippen LogP contribution >= 0.6 is 7.82 Å². The van der Waals surface area contributed by atoms with Gasteiger partial charge in [-0.1, -0.05) is 154 Å². The van der Waals surface area contributed by atoms with Crippen LogP contribution in [-0.4, -0.2) is 53.7 Å². The number of aliphatic hydroxyl groups is 1. The van der Waals surface area contributed by atoms with Crippen LogP contribution in [0.15, 0.2) is 12.2 Å². The number of carbonyl (C=O) groups is 2. The van der Waals surface area contributed by atoms with E-state index in [-0.39, 0.29) is 26.0 Å². The van der Waals surface area contributed by atoms with Crippen LogP contribution < -0.4 is 5.73 Å². The van der Waals surface area contributed by atoms with E-state index in [1.54, 1.807) is 0 Å². The Morgan fingerprint density at radius 2 is 1.06 bits per heavy atom. The summed E-state index contributed by atoms with van der Waals surface area (Å²) in [4.78, 5) is 35.2. The molecule has 0 rings (SSSR count). The second-order valence-corrected chi connectivity index (χ2v) is 15.1. The van der Waals surface area contributed by atoms with Crippen molar-refractivity contribution in [3.63, 3.8) is 0 Å². The number of phosphoric ester groups is 1. The lowest BCUT2D eigenvalue weighted by molar-refractivity contribution is -0.152. The van der Waals surface area contributed by atoms with Crippen LogP contribution in [0.5, 0.6) is 0 Å². The molecule has 0 aliphatic heterocycles. The van der Waals surface area contributed by atoms with E-state index >= 15 is 0 Å². The highest BCUT2D eigenvalue weighted by Crippen LogP contribution is 2.45. The van der Waals surface area contributed by atoms with Gasteiger partial charge >= 0.3 is 13.8 Å². The van der Waals surface area contributed by atoms with Crippen molar-refractivity contribution >= 4 is 19.6 Å². The van der Waals surface area contributed by atoms with Crippen molar-refractivity contribution in [3.8, 4) is 0 Å². The highest BCUT2D eigenvalue weighted by molar-refractivity contribution is 7.47. The first-order chi connectivity index (χ1) is 23.8. The summed E-state index contributed by atoms with van der Waals surface area (Å²) < 4.78 is 27.5. The summed E-state index contributed by atoms with van der Waals surface area (Å²) in [5, 5.41) is 10.7. The summed E-state index contributed by atoms with van der Waals surface area (Å²) in [7, 11) is -4.62. The second-order valence-electron chi connectivity index (χ2n) is 13.7. The molecule has 10 heteroatoms. The molecule has 0 amide bonds. The van der Waals surface area contributed by atoms with Gasteiger partial charge in [-0.2, -0.15) is 0 Å². The SMILES string of the molecule is CCCCCCCC/C=C\CCCCCCCC(=O)OC[C@H](OP(=O)(O)OCCN)C(O)C(=O)CCCCCCCCCCCCCCC. The molecule has 0 heterocycles. The number of carbonyl (C=O) groups excluding carboxylic acids is 2. The number of hydrogen-bond donors (Lipinski definition) is 3. The highest BCUT2D eigenvalue weighted by Gasteiger charge is 2.35. The molecular weight excluding hydrogens is 641 g/mol. The molecular formula is C39H76NO8P. The van der Waals surface area contributed by atoms with Crippen LogP contribution in [0.4, 0.5) is 0 Å². The van der Waals surface area contributed by atoms with Gasteiger partial charge in [-0.25, -0.2) is 4.57 Å². The number of aliphatic hydroxyl groups excluding tert-OH is 1. The van der Waals surface area contributed by atoms with E-state index in [1.807, 2.05) is 0 Å². The molecule has 0 spiro atoms. The third kappa shape index (κ3) is 32.6. The number of esters is 1. The maximum absolute atomic E-state index is 12.8. The van der Waals surface area contributed by atoms with E-state index in [9.17, 15) is 24.2 Å². The third-order valence-corrected chi connectivity index (χ3v) is 9.95. The van der Waals surface area contributed by atoms with Crippen molar-refractivity contribution in [2.75, 3.05) is 19.8 Å². The van der Waals surface area contributed by atoms with Crippen LogP contribution in [0.1, 0.15) is 194 Å². The van der Waals surface area contributed by atoms with Crippen molar-refractivity contribution in [1.82, 2.24) is 0 Å². The fraction of sp³-hybridized carbons (Fsp3) is 0.897. The maximum atomic E-state index is 12.8. The molecule has 2 unspecified atom stereocenters. The minimum atomic E-state index is -4.62. The van der Waals surface area contributed by atoms with Crippen LogP contribution in [0, 0.1) is 0 Å². The predicted octanol–water partition coefficient (Wildman–Crippen LogP) is 10.4. The quantitative estimate of drug-likeness (QED) is 0.0246. The molecule has 0 aliphatic rings. The maximum Gasteiger partial charge on any atom is 0.472 e. The largest absolute Gasteiger partial charge is 0.472 e. The Morgan fingerprint density at radius 1 is 0.653 bits per heavy atom. The summed E-state index contributed by atoms with van der Waals surface area (Å²) in [6.07, 6.45) is 32.0. The summed E-state index contributed by atoms with van der Waals surface area (Å²) >= 11 is 0. The van der Waals surface area contributed by atoms with E-state index in [4.69, 9.17) is 19.5 Å². The average molecular weight is 718 g/mol. The number of unbranched alkanes of at least 4 members (excludes halogenated alkanes) is 23.